The molecule has 2 aliphatic carbocycles. The van der Waals surface area contributed by atoms with E-state index in [0.29, 0.717) is 0 Å². The van der Waals surface area contributed by atoms with Crippen LogP contribution in [0.5, 0.6) is 0 Å². The van der Waals surface area contributed by atoms with Crippen LogP contribution in [0, 0.1) is 0 Å². The molecule has 0 nitrogen and oxygen atoms in total. The van der Waals surface area contributed by atoms with Crippen LogP contribution in [0.25, 0.3) is 47.7 Å². The van der Waals surface area contributed by atoms with E-state index in [1.54, 1.807) is 11.1 Å². The van der Waals surface area contributed by atoms with E-state index in [0.717, 1.165) is 25.7 Å². The van der Waals surface area contributed by atoms with Gasteiger partial charge in [-0.15, -0.1) is 68.0 Å². The minimum absolute atomic E-state index is 0.513. The molecule has 0 fully saturated rings. The molecule has 10 aromatic rings. The maximum Gasteiger partial charge on any atom is 0.0759 e. The molecule has 0 unspecified atom stereocenters. The molecular weight excluding hydrogens is 1650 g/mol. The molecule has 2 aliphatic rings. The standard InChI is InChI=1S/C108H150Br2S6/c1-5-9-13-17-21-25-29-33-37-41-45-49-53-57-61-83-65-73-87(74-66-83)107(88-75-67-84(68-76-88)62-58-54-50-46-42-38-34-30-26-22-18-14-10-6-2)95-99-91(81-93(109)113-99)111-101(95)103-97(107)105-106(115-103)98-104(116-105)102-96(100-92(112-102)82-94(110)114-100)108(98,89-77-69-85(70-78-89)63-59-55-51-47-43-39-35-31-27-23-19-15-11-7-3)90-79-71-86(72-80-90)64-60-56-52-48-44-40-36-32-28-24-20-16-12-8-4/h65-82H,5-64H2,1-4H3. The summed E-state index contributed by atoms with van der Waals surface area (Å²) in [6.07, 6.45) is 82.7. The Kier molecular flexibility index (Phi) is 40.1. The van der Waals surface area contributed by atoms with Crippen molar-refractivity contribution in [3.63, 3.8) is 0 Å². The molecule has 12 rings (SSSR count). The van der Waals surface area contributed by atoms with Crippen LogP contribution in [0.2, 0.25) is 0 Å². The highest BCUT2D eigenvalue weighted by atomic mass is 79.9. The van der Waals surface area contributed by atoms with Crippen molar-refractivity contribution in [1.82, 2.24) is 0 Å². The maximum absolute atomic E-state index is 4.11. The Balaban J connectivity index is 0.851. The lowest BCUT2D eigenvalue weighted by molar-refractivity contribution is 0.535. The monoisotopic (exact) mass is 1800 g/mol. The first kappa shape index (κ1) is 92.0. The van der Waals surface area contributed by atoms with Crippen molar-refractivity contribution in [3.05, 3.63) is 184 Å². The summed E-state index contributed by atoms with van der Waals surface area (Å²) in [6.45, 7) is 9.31. The summed E-state index contributed by atoms with van der Waals surface area (Å²) >= 11 is 20.6. The number of halogens is 2. The highest BCUT2D eigenvalue weighted by Crippen LogP contribution is 2.72. The molecule has 0 spiro atoms. The summed E-state index contributed by atoms with van der Waals surface area (Å²) in [5.41, 5.74) is 16.8. The molecule has 8 heteroatoms. The van der Waals surface area contributed by atoms with E-state index < -0.39 is 10.8 Å². The first-order chi connectivity index (χ1) is 57.3. The van der Waals surface area contributed by atoms with Crippen molar-refractivity contribution in [3.8, 4) is 19.5 Å². The van der Waals surface area contributed by atoms with Gasteiger partial charge in [-0.05, 0) is 140 Å². The summed E-state index contributed by atoms with van der Waals surface area (Å²) in [4.78, 5) is 6.01. The molecule has 0 N–H and O–H groups in total. The van der Waals surface area contributed by atoms with E-state index in [1.165, 1.54) is 470 Å². The molecule has 6 aromatic heterocycles. The second-order valence-electron chi connectivity index (χ2n) is 36.0. The van der Waals surface area contributed by atoms with Crippen LogP contribution in [0.3, 0.4) is 0 Å². The minimum atomic E-state index is -0.513. The summed E-state index contributed by atoms with van der Waals surface area (Å²) in [7, 11) is 0. The fourth-order valence-corrected chi connectivity index (χ4v) is 30.2. The molecule has 0 radical (unpaired) electrons. The van der Waals surface area contributed by atoms with Crippen molar-refractivity contribution in [2.45, 2.75) is 424 Å². The van der Waals surface area contributed by atoms with Gasteiger partial charge in [0.25, 0.3) is 0 Å². The number of fused-ring (bicyclic) bond motifs is 13. The molecule has 0 saturated carbocycles. The van der Waals surface area contributed by atoms with Crippen molar-refractivity contribution < 1.29 is 0 Å². The van der Waals surface area contributed by atoms with Crippen molar-refractivity contribution in [1.29, 1.82) is 0 Å². The van der Waals surface area contributed by atoms with Crippen molar-refractivity contribution in [2.24, 2.45) is 0 Å². The van der Waals surface area contributed by atoms with Crippen LogP contribution in [0.15, 0.2) is 117 Å². The number of hydrogen-bond donors (Lipinski definition) is 0. The van der Waals surface area contributed by atoms with E-state index in [9.17, 15) is 0 Å². The number of hydrogen-bond acceptors (Lipinski definition) is 6. The number of aryl methyl sites for hydroxylation is 4. The van der Waals surface area contributed by atoms with Gasteiger partial charge < -0.3 is 0 Å². The molecule has 0 bridgehead atoms. The molecule has 0 aliphatic heterocycles. The summed E-state index contributed by atoms with van der Waals surface area (Å²) in [5.74, 6) is 0. The molecule has 6 heterocycles. The van der Waals surface area contributed by atoms with Gasteiger partial charge in [-0.3, -0.25) is 0 Å². The minimum Gasteiger partial charge on any atom is -0.133 e. The van der Waals surface area contributed by atoms with Crippen molar-refractivity contribution in [2.75, 3.05) is 0 Å². The lowest BCUT2D eigenvalue weighted by atomic mass is 9.67. The third-order valence-electron chi connectivity index (χ3n) is 26.9. The third kappa shape index (κ3) is 24.7. The Morgan fingerprint density at radius 1 is 0.198 bits per heavy atom. The lowest BCUT2D eigenvalue weighted by Crippen LogP contribution is -2.29. The van der Waals surface area contributed by atoms with Gasteiger partial charge in [-0.25, -0.2) is 0 Å². The average Bonchev–Trinajstić information content (AvgIpc) is 1.48. The van der Waals surface area contributed by atoms with Crippen LogP contribution >= 0.6 is 99.9 Å². The second kappa shape index (κ2) is 50.6. The molecular formula is C108H150Br2S6. The van der Waals surface area contributed by atoms with Crippen LogP contribution in [-0.2, 0) is 36.5 Å². The van der Waals surface area contributed by atoms with Gasteiger partial charge in [0.1, 0.15) is 0 Å². The van der Waals surface area contributed by atoms with E-state index in [-0.39, 0.29) is 0 Å². The fraction of sp³-hybridized carbons (Fsp3) is 0.611. The Morgan fingerprint density at radius 2 is 0.371 bits per heavy atom. The zero-order valence-corrected chi connectivity index (χ0v) is 81.1. The Morgan fingerprint density at radius 3 is 0.569 bits per heavy atom. The average molecular weight is 1800 g/mol. The van der Waals surface area contributed by atoms with Gasteiger partial charge >= 0.3 is 0 Å². The van der Waals surface area contributed by atoms with E-state index in [2.05, 4.69) is 214 Å². The highest BCUT2D eigenvalue weighted by Gasteiger charge is 2.56. The smallest absolute Gasteiger partial charge is 0.0759 e. The van der Waals surface area contributed by atoms with Gasteiger partial charge in [0, 0.05) is 31.7 Å². The van der Waals surface area contributed by atoms with Crippen LogP contribution in [-0.4, -0.2) is 0 Å². The van der Waals surface area contributed by atoms with E-state index >= 15 is 0 Å². The first-order valence-electron chi connectivity index (χ1n) is 48.8. The first-order valence-corrected chi connectivity index (χ1v) is 55.2. The van der Waals surface area contributed by atoms with Gasteiger partial charge in [-0.1, -0.05) is 459 Å². The number of unbranched alkanes of at least 4 members (excludes halogenated alkanes) is 52. The van der Waals surface area contributed by atoms with Gasteiger partial charge in [0.05, 0.1) is 56.7 Å². The van der Waals surface area contributed by atoms with Gasteiger partial charge in [-0.2, -0.15) is 0 Å². The third-order valence-corrected chi connectivity index (χ3v) is 35.6. The number of rotatable bonds is 64. The summed E-state index contributed by atoms with van der Waals surface area (Å²) in [5, 5.41) is 0. The zero-order valence-electron chi connectivity index (χ0n) is 73.0. The molecule has 0 amide bonds. The van der Waals surface area contributed by atoms with Crippen LogP contribution in [0.1, 0.15) is 454 Å². The van der Waals surface area contributed by atoms with E-state index in [1.807, 2.05) is 22.7 Å². The summed E-state index contributed by atoms with van der Waals surface area (Å²) in [6, 6.07) is 46.3. The maximum atomic E-state index is 4.11. The van der Waals surface area contributed by atoms with Crippen LogP contribution < -0.4 is 0 Å². The largest absolute Gasteiger partial charge is 0.133 e. The fourth-order valence-electron chi connectivity index (χ4n) is 20.2. The molecule has 0 atom stereocenters. The summed E-state index contributed by atoms with van der Waals surface area (Å²) < 4.78 is 11.2. The molecule has 0 saturated heterocycles. The quantitative estimate of drug-likeness (QED) is 0.0333. The Bertz CT molecular complexity index is 3940. The number of thiophene rings is 6. The highest BCUT2D eigenvalue weighted by molar-refractivity contribution is 9.11. The molecule has 116 heavy (non-hydrogen) atoms. The Hall–Kier alpha value is -3.18. The predicted octanol–water partition coefficient (Wildman–Crippen LogP) is 39.9. The van der Waals surface area contributed by atoms with Crippen molar-refractivity contribution >= 4 is 128 Å². The number of benzene rings is 4. The lowest BCUT2D eigenvalue weighted by Gasteiger charge is -2.34. The van der Waals surface area contributed by atoms with Crippen LogP contribution in [0.4, 0.5) is 0 Å². The normalized spacial score (nSPS) is 13.4. The Labute approximate surface area is 747 Å². The predicted molar refractivity (Wildman–Crippen MR) is 532 cm³/mol. The van der Waals surface area contributed by atoms with E-state index in [4.69, 9.17) is 0 Å². The van der Waals surface area contributed by atoms with Gasteiger partial charge in [0.2, 0.25) is 0 Å². The zero-order chi connectivity index (χ0) is 80.3. The molecule has 4 aromatic carbocycles. The molecule has 632 valence electrons. The topological polar surface area (TPSA) is 0 Å². The SMILES string of the molecule is CCCCCCCCCCCCCCCCc1ccc(C2(c3ccc(CCCCCCCCCCCCCCCC)cc3)c3c(sc4cc(Br)sc34)-c3sc4c5c(sc4c32)-c2sc3cc(Br)sc3c2C5(c2ccc(CCCCCCCCCCCCCCCC)cc2)c2ccc(CCCCCCCCCCCCCCCC)cc2)cc1. The van der Waals surface area contributed by atoms with Gasteiger partial charge in [0.15, 0.2) is 0 Å². The second-order valence-corrected chi connectivity index (χ2v) is 45.1.